The fraction of sp³-hybridized carbons (Fsp3) is 0.278. The van der Waals surface area contributed by atoms with Crippen LogP contribution < -0.4 is 5.76 Å². The van der Waals surface area contributed by atoms with E-state index in [0.29, 0.717) is 12.1 Å². The first-order chi connectivity index (χ1) is 12.5. The third-order valence-corrected chi connectivity index (χ3v) is 5.58. The van der Waals surface area contributed by atoms with Crippen LogP contribution in [0.4, 0.5) is 4.39 Å². The molecule has 0 N–H and O–H groups in total. The molecule has 0 bridgehead atoms. The third kappa shape index (κ3) is 2.96. The average molecular weight is 373 g/mol. The number of hydrogen-bond acceptors (Lipinski definition) is 5. The van der Waals surface area contributed by atoms with Crippen LogP contribution in [0, 0.1) is 5.82 Å². The van der Waals surface area contributed by atoms with E-state index in [9.17, 15) is 14.0 Å². The predicted octanol–water partition coefficient (Wildman–Crippen LogP) is 2.85. The molecule has 0 saturated carbocycles. The lowest BCUT2D eigenvalue weighted by atomic mass is 10.0. The quantitative estimate of drug-likeness (QED) is 0.708. The van der Waals surface area contributed by atoms with E-state index in [-0.39, 0.29) is 24.4 Å². The normalized spacial score (nSPS) is 16.5. The van der Waals surface area contributed by atoms with Crippen LogP contribution in [-0.4, -0.2) is 27.1 Å². The Kier molecular flexibility index (Phi) is 4.20. The molecule has 8 heteroatoms. The van der Waals surface area contributed by atoms with Crippen molar-refractivity contribution in [2.75, 3.05) is 6.54 Å². The molecule has 0 radical (unpaired) electrons. The number of nitrogens with zero attached hydrogens (tertiary/aromatic N) is 3. The first-order valence-electron chi connectivity index (χ1n) is 8.22. The molecular formula is C18H16FN3O3S. The highest BCUT2D eigenvalue weighted by atomic mass is 32.1. The third-order valence-electron chi connectivity index (χ3n) is 4.58. The summed E-state index contributed by atoms with van der Waals surface area (Å²) in [5, 5.41) is 6.11. The van der Waals surface area contributed by atoms with Crippen LogP contribution in [0.1, 0.15) is 23.4 Å². The molecule has 1 amide bonds. The molecule has 1 aromatic carbocycles. The summed E-state index contributed by atoms with van der Waals surface area (Å²) in [6.45, 7) is 2.41. The lowest BCUT2D eigenvalue weighted by Gasteiger charge is -2.33. The van der Waals surface area contributed by atoms with Crippen molar-refractivity contribution in [3.8, 4) is 11.5 Å². The molecule has 0 aliphatic carbocycles. The molecule has 0 spiro atoms. The zero-order valence-corrected chi connectivity index (χ0v) is 14.8. The van der Waals surface area contributed by atoms with Gasteiger partial charge in [-0.05, 0) is 54.6 Å². The van der Waals surface area contributed by atoms with E-state index in [0.717, 1.165) is 16.7 Å². The number of carbonyl (C=O) groups is 1. The lowest BCUT2D eigenvalue weighted by Crippen LogP contribution is -2.41. The smallest absolute Gasteiger partial charge is 0.388 e. The lowest BCUT2D eigenvalue weighted by molar-refractivity contribution is -0.134. The molecule has 1 aliphatic rings. The molecule has 3 aromatic rings. The molecule has 134 valence electrons. The van der Waals surface area contributed by atoms with Crippen molar-refractivity contribution in [2.45, 2.75) is 25.9 Å². The monoisotopic (exact) mass is 373 g/mol. The highest BCUT2D eigenvalue weighted by molar-refractivity contribution is 7.10. The first kappa shape index (κ1) is 16.7. The van der Waals surface area contributed by atoms with Crippen molar-refractivity contribution in [3.63, 3.8) is 0 Å². The molecule has 6 nitrogen and oxygen atoms in total. The number of halogens is 1. The number of rotatable bonds is 3. The van der Waals surface area contributed by atoms with Crippen molar-refractivity contribution >= 4 is 17.2 Å². The summed E-state index contributed by atoms with van der Waals surface area (Å²) in [4.78, 5) is 27.8. The van der Waals surface area contributed by atoms with Gasteiger partial charge in [0.2, 0.25) is 11.8 Å². The maximum atomic E-state index is 13.0. The Hall–Kier alpha value is -2.74. The highest BCUT2D eigenvalue weighted by Gasteiger charge is 2.29. The van der Waals surface area contributed by atoms with Crippen LogP contribution in [-0.2, 0) is 17.8 Å². The van der Waals surface area contributed by atoms with Gasteiger partial charge in [-0.25, -0.2) is 9.18 Å². The van der Waals surface area contributed by atoms with Gasteiger partial charge in [0, 0.05) is 17.0 Å². The maximum absolute atomic E-state index is 13.0. The number of fused-ring (bicyclic) bond motifs is 1. The summed E-state index contributed by atoms with van der Waals surface area (Å²) >= 11 is 1.70. The van der Waals surface area contributed by atoms with E-state index in [1.807, 2.05) is 18.4 Å². The van der Waals surface area contributed by atoms with Crippen LogP contribution in [0.3, 0.4) is 0 Å². The Morgan fingerprint density at radius 1 is 1.35 bits per heavy atom. The molecule has 1 aliphatic heterocycles. The number of thiophene rings is 1. The minimum Gasteiger partial charge on any atom is -0.388 e. The molecule has 26 heavy (non-hydrogen) atoms. The zero-order chi connectivity index (χ0) is 18.3. The second-order valence-electron chi connectivity index (χ2n) is 6.15. The molecule has 0 fully saturated rings. The molecule has 2 aromatic heterocycles. The summed E-state index contributed by atoms with van der Waals surface area (Å²) in [6.07, 6.45) is 0.817. The Balaban J connectivity index is 1.53. The maximum Gasteiger partial charge on any atom is 0.437 e. The van der Waals surface area contributed by atoms with Gasteiger partial charge in [0.05, 0.1) is 6.04 Å². The number of carbonyl (C=O) groups excluding carboxylic acids is 1. The SMILES string of the molecule is C[C@H]1c2ccsc2CCN1C(=O)Cn1nc(-c2ccc(F)cc2)oc1=O. The van der Waals surface area contributed by atoms with Gasteiger partial charge in [0.1, 0.15) is 12.4 Å². The Labute approximate surface area is 152 Å². The average Bonchev–Trinajstić information content (AvgIpc) is 3.23. The van der Waals surface area contributed by atoms with Gasteiger partial charge >= 0.3 is 5.76 Å². The van der Waals surface area contributed by atoms with Crippen molar-refractivity contribution in [1.82, 2.24) is 14.7 Å². The molecule has 0 unspecified atom stereocenters. The molecule has 4 rings (SSSR count). The number of amides is 1. The zero-order valence-electron chi connectivity index (χ0n) is 14.0. The van der Waals surface area contributed by atoms with Crippen LogP contribution in [0.5, 0.6) is 0 Å². The van der Waals surface area contributed by atoms with Crippen molar-refractivity contribution in [3.05, 3.63) is 62.5 Å². The number of hydrogen-bond donors (Lipinski definition) is 0. The van der Waals surface area contributed by atoms with E-state index >= 15 is 0 Å². The largest absolute Gasteiger partial charge is 0.437 e. The fourth-order valence-electron chi connectivity index (χ4n) is 3.18. The van der Waals surface area contributed by atoms with E-state index in [1.165, 1.54) is 29.1 Å². The minimum absolute atomic E-state index is 0.0309. The van der Waals surface area contributed by atoms with E-state index < -0.39 is 11.6 Å². The Morgan fingerprint density at radius 3 is 2.88 bits per heavy atom. The topological polar surface area (TPSA) is 68.3 Å². The van der Waals surface area contributed by atoms with Gasteiger partial charge in [-0.2, -0.15) is 4.68 Å². The van der Waals surface area contributed by atoms with E-state index in [4.69, 9.17) is 4.42 Å². The first-order valence-corrected chi connectivity index (χ1v) is 9.10. The molecule has 0 saturated heterocycles. The fourth-order valence-corrected chi connectivity index (χ4v) is 4.15. The van der Waals surface area contributed by atoms with Crippen LogP contribution in [0.25, 0.3) is 11.5 Å². The molecular weight excluding hydrogens is 357 g/mol. The second kappa shape index (κ2) is 6.53. The summed E-state index contributed by atoms with van der Waals surface area (Å²) in [5.41, 5.74) is 1.64. The highest BCUT2D eigenvalue weighted by Crippen LogP contribution is 2.32. The van der Waals surface area contributed by atoms with E-state index in [1.54, 1.807) is 16.2 Å². The summed E-state index contributed by atoms with van der Waals surface area (Å²) < 4.78 is 19.1. The van der Waals surface area contributed by atoms with Gasteiger partial charge in [0.25, 0.3) is 0 Å². The van der Waals surface area contributed by atoms with E-state index in [2.05, 4.69) is 5.10 Å². The van der Waals surface area contributed by atoms with Crippen molar-refractivity contribution in [1.29, 1.82) is 0 Å². The number of aromatic nitrogens is 2. The molecule has 3 heterocycles. The van der Waals surface area contributed by atoms with Gasteiger partial charge in [-0.3, -0.25) is 4.79 Å². The number of benzene rings is 1. The van der Waals surface area contributed by atoms with Gasteiger partial charge in [-0.1, -0.05) is 0 Å². The predicted molar refractivity (Wildman–Crippen MR) is 94.3 cm³/mol. The summed E-state index contributed by atoms with van der Waals surface area (Å²) in [6, 6.07) is 7.46. The minimum atomic E-state index is -0.710. The van der Waals surface area contributed by atoms with Gasteiger partial charge < -0.3 is 9.32 Å². The second-order valence-corrected chi connectivity index (χ2v) is 7.15. The summed E-state index contributed by atoms with van der Waals surface area (Å²) in [7, 11) is 0. The Bertz CT molecular complexity index is 1010. The Morgan fingerprint density at radius 2 is 2.12 bits per heavy atom. The standard InChI is InChI=1S/C18H16FN3O3S/c1-11-14-7-9-26-15(14)6-8-21(11)16(23)10-22-18(24)25-17(20-22)12-2-4-13(19)5-3-12/h2-5,7,9,11H,6,8,10H2,1H3/t11-/m0/s1. The van der Waals surface area contributed by atoms with Crippen molar-refractivity contribution in [2.24, 2.45) is 0 Å². The van der Waals surface area contributed by atoms with Crippen molar-refractivity contribution < 1.29 is 13.6 Å². The van der Waals surface area contributed by atoms with Gasteiger partial charge in [0.15, 0.2) is 0 Å². The van der Waals surface area contributed by atoms with Gasteiger partial charge in [-0.15, -0.1) is 16.4 Å². The summed E-state index contributed by atoms with van der Waals surface area (Å²) in [5.74, 6) is -1.22. The van der Waals surface area contributed by atoms with Crippen LogP contribution in [0.2, 0.25) is 0 Å². The molecule has 1 atom stereocenters. The van der Waals surface area contributed by atoms with Crippen LogP contribution >= 0.6 is 11.3 Å². The van der Waals surface area contributed by atoms with Crippen LogP contribution in [0.15, 0.2) is 44.9 Å².